The first-order valence-electron chi connectivity index (χ1n) is 6.66. The second-order valence-electron chi connectivity index (χ2n) is 4.96. The molecule has 94 valence electrons. The van der Waals surface area contributed by atoms with Crippen molar-refractivity contribution >= 4 is 0 Å². The van der Waals surface area contributed by atoms with Crippen LogP contribution in [0.15, 0.2) is 24.5 Å². The van der Waals surface area contributed by atoms with Crippen molar-refractivity contribution in [2.75, 3.05) is 13.1 Å². The second kappa shape index (κ2) is 6.12. The molecule has 0 aromatic carbocycles. The average Bonchev–Trinajstić information content (AvgIpc) is 2.34. The van der Waals surface area contributed by atoms with Gasteiger partial charge in [0, 0.05) is 37.6 Å². The smallest absolute Gasteiger partial charge is 0.0312 e. The molecule has 1 aromatic heterocycles. The van der Waals surface area contributed by atoms with Crippen molar-refractivity contribution in [3.8, 4) is 0 Å². The number of nitrogens with one attached hydrogen (secondary N) is 1. The maximum Gasteiger partial charge on any atom is 0.0312 e. The maximum atomic E-state index is 4.18. The first kappa shape index (κ1) is 12.5. The molecule has 1 aromatic rings. The van der Waals surface area contributed by atoms with E-state index in [0.29, 0.717) is 12.1 Å². The van der Waals surface area contributed by atoms with Gasteiger partial charge in [0.1, 0.15) is 0 Å². The summed E-state index contributed by atoms with van der Waals surface area (Å²) in [5.74, 6) is 0. The predicted molar refractivity (Wildman–Crippen MR) is 70.8 cm³/mol. The molecule has 1 saturated heterocycles. The van der Waals surface area contributed by atoms with Gasteiger partial charge in [-0.25, -0.2) is 0 Å². The molecule has 2 rings (SSSR count). The van der Waals surface area contributed by atoms with Crippen LogP contribution in [0.25, 0.3) is 0 Å². The first-order valence-corrected chi connectivity index (χ1v) is 6.66. The van der Waals surface area contributed by atoms with Crippen LogP contribution < -0.4 is 5.32 Å². The third-order valence-corrected chi connectivity index (χ3v) is 3.62. The van der Waals surface area contributed by atoms with Crippen molar-refractivity contribution in [3.05, 3.63) is 30.1 Å². The van der Waals surface area contributed by atoms with Gasteiger partial charge in [0.25, 0.3) is 0 Å². The summed E-state index contributed by atoms with van der Waals surface area (Å²) < 4.78 is 0. The summed E-state index contributed by atoms with van der Waals surface area (Å²) in [7, 11) is 0. The molecule has 0 radical (unpaired) electrons. The molecule has 0 amide bonds. The van der Waals surface area contributed by atoms with Crippen LogP contribution in [-0.2, 0) is 6.54 Å². The highest BCUT2D eigenvalue weighted by Crippen LogP contribution is 2.19. The summed E-state index contributed by atoms with van der Waals surface area (Å²) in [4.78, 5) is 6.74. The molecule has 1 aliphatic rings. The fourth-order valence-corrected chi connectivity index (χ4v) is 2.66. The minimum atomic E-state index is 0.660. The van der Waals surface area contributed by atoms with Crippen LogP contribution in [0.3, 0.4) is 0 Å². The lowest BCUT2D eigenvalue weighted by atomic mass is 9.98. The summed E-state index contributed by atoms with van der Waals surface area (Å²) in [6.45, 7) is 7.83. The monoisotopic (exact) mass is 233 g/mol. The highest BCUT2D eigenvalue weighted by molar-refractivity contribution is 5.08. The Morgan fingerprint density at radius 2 is 2.41 bits per heavy atom. The van der Waals surface area contributed by atoms with E-state index in [4.69, 9.17) is 0 Å². The van der Waals surface area contributed by atoms with Crippen molar-refractivity contribution in [2.45, 2.75) is 45.3 Å². The van der Waals surface area contributed by atoms with Gasteiger partial charge < -0.3 is 5.32 Å². The number of hydrogen-bond donors (Lipinski definition) is 1. The summed E-state index contributed by atoms with van der Waals surface area (Å²) in [6.07, 6.45) is 6.33. The van der Waals surface area contributed by atoms with Gasteiger partial charge in [0.15, 0.2) is 0 Å². The van der Waals surface area contributed by atoms with Gasteiger partial charge in [0.05, 0.1) is 0 Å². The topological polar surface area (TPSA) is 28.2 Å². The van der Waals surface area contributed by atoms with Gasteiger partial charge in [0.2, 0.25) is 0 Å². The van der Waals surface area contributed by atoms with E-state index in [9.17, 15) is 0 Å². The number of hydrogen-bond acceptors (Lipinski definition) is 3. The molecular weight excluding hydrogens is 210 g/mol. The summed E-state index contributed by atoms with van der Waals surface area (Å²) in [6, 6.07) is 5.55. The van der Waals surface area contributed by atoms with Gasteiger partial charge in [-0.1, -0.05) is 13.0 Å². The van der Waals surface area contributed by atoms with Crippen molar-refractivity contribution in [2.24, 2.45) is 0 Å². The zero-order chi connectivity index (χ0) is 12.1. The van der Waals surface area contributed by atoms with Gasteiger partial charge in [-0.15, -0.1) is 0 Å². The van der Waals surface area contributed by atoms with Gasteiger partial charge in [-0.3, -0.25) is 9.88 Å². The van der Waals surface area contributed by atoms with E-state index >= 15 is 0 Å². The quantitative estimate of drug-likeness (QED) is 0.862. The standard InChI is InChI=1S/C14H23N3/c1-3-16-14-6-8-17(12(2)9-14)11-13-5-4-7-15-10-13/h4-5,7,10,12,14,16H,3,6,8-9,11H2,1-2H3. The SMILES string of the molecule is CCNC1CCN(Cc2cccnc2)C(C)C1. The van der Waals surface area contributed by atoms with Crippen LogP contribution in [0.5, 0.6) is 0 Å². The van der Waals surface area contributed by atoms with Gasteiger partial charge in [-0.2, -0.15) is 0 Å². The van der Waals surface area contributed by atoms with Crippen LogP contribution in [0.4, 0.5) is 0 Å². The van der Waals surface area contributed by atoms with Gasteiger partial charge in [-0.05, 0) is 37.9 Å². The Kier molecular flexibility index (Phi) is 4.51. The van der Waals surface area contributed by atoms with Crippen LogP contribution in [-0.4, -0.2) is 35.1 Å². The lowest BCUT2D eigenvalue weighted by Gasteiger charge is -2.38. The molecule has 0 spiro atoms. The normalized spacial score (nSPS) is 26.0. The van der Waals surface area contributed by atoms with E-state index in [-0.39, 0.29) is 0 Å². The van der Waals surface area contributed by atoms with Crippen molar-refractivity contribution in [1.82, 2.24) is 15.2 Å². The molecule has 3 nitrogen and oxygen atoms in total. The van der Waals surface area contributed by atoms with E-state index < -0.39 is 0 Å². The Morgan fingerprint density at radius 1 is 1.53 bits per heavy atom. The fraction of sp³-hybridized carbons (Fsp3) is 0.643. The summed E-state index contributed by atoms with van der Waals surface area (Å²) >= 11 is 0. The third kappa shape index (κ3) is 3.51. The zero-order valence-electron chi connectivity index (χ0n) is 10.9. The largest absolute Gasteiger partial charge is 0.314 e. The average molecular weight is 233 g/mol. The Morgan fingerprint density at radius 3 is 3.06 bits per heavy atom. The lowest BCUT2D eigenvalue weighted by Crippen LogP contribution is -2.46. The number of pyridine rings is 1. The van der Waals surface area contributed by atoms with Crippen LogP contribution >= 0.6 is 0 Å². The van der Waals surface area contributed by atoms with Crippen LogP contribution in [0.2, 0.25) is 0 Å². The molecule has 1 N–H and O–H groups in total. The summed E-state index contributed by atoms with van der Waals surface area (Å²) in [5, 5.41) is 3.56. The van der Waals surface area contributed by atoms with Gasteiger partial charge >= 0.3 is 0 Å². The maximum absolute atomic E-state index is 4.18. The number of aromatic nitrogens is 1. The number of likely N-dealkylation sites (tertiary alicyclic amines) is 1. The molecule has 3 heteroatoms. The molecule has 17 heavy (non-hydrogen) atoms. The molecule has 0 bridgehead atoms. The highest BCUT2D eigenvalue weighted by Gasteiger charge is 2.24. The summed E-state index contributed by atoms with van der Waals surface area (Å²) in [5.41, 5.74) is 1.32. The minimum absolute atomic E-state index is 0.660. The minimum Gasteiger partial charge on any atom is -0.314 e. The van der Waals surface area contributed by atoms with E-state index in [1.807, 2.05) is 18.5 Å². The molecular formula is C14H23N3. The lowest BCUT2D eigenvalue weighted by molar-refractivity contribution is 0.129. The fourth-order valence-electron chi connectivity index (χ4n) is 2.66. The third-order valence-electron chi connectivity index (χ3n) is 3.62. The number of piperidine rings is 1. The number of nitrogens with zero attached hydrogens (tertiary/aromatic N) is 2. The molecule has 2 heterocycles. The van der Waals surface area contributed by atoms with Crippen molar-refractivity contribution in [1.29, 1.82) is 0 Å². The first-order chi connectivity index (χ1) is 8.29. The van der Waals surface area contributed by atoms with Crippen molar-refractivity contribution < 1.29 is 0 Å². The van der Waals surface area contributed by atoms with E-state index in [1.54, 1.807) is 0 Å². The molecule has 0 saturated carbocycles. The van der Waals surface area contributed by atoms with Crippen molar-refractivity contribution in [3.63, 3.8) is 0 Å². The Balaban J connectivity index is 1.87. The van der Waals surface area contributed by atoms with Crippen LogP contribution in [0, 0.1) is 0 Å². The van der Waals surface area contributed by atoms with Crippen LogP contribution in [0.1, 0.15) is 32.3 Å². The molecule has 2 atom stereocenters. The Bertz CT molecular complexity index is 325. The van der Waals surface area contributed by atoms with E-state index in [2.05, 4.69) is 35.1 Å². The highest BCUT2D eigenvalue weighted by atomic mass is 15.2. The second-order valence-corrected chi connectivity index (χ2v) is 4.96. The molecule has 2 unspecified atom stereocenters. The molecule has 0 aliphatic carbocycles. The number of rotatable bonds is 4. The predicted octanol–water partition coefficient (Wildman–Crippen LogP) is 2.04. The zero-order valence-corrected chi connectivity index (χ0v) is 10.9. The Hall–Kier alpha value is -0.930. The molecule has 1 fully saturated rings. The Labute approximate surface area is 104 Å². The van der Waals surface area contributed by atoms with E-state index in [0.717, 1.165) is 13.1 Å². The molecule has 1 aliphatic heterocycles. The van der Waals surface area contributed by atoms with E-state index in [1.165, 1.54) is 24.9 Å².